The highest BCUT2D eigenvalue weighted by Crippen LogP contribution is 2.77. The van der Waals surface area contributed by atoms with Crippen molar-refractivity contribution in [3.8, 4) is 0 Å². The number of fused-ring (bicyclic) bond motifs is 23. The van der Waals surface area contributed by atoms with E-state index in [1.54, 1.807) is 0 Å². The molecule has 2 heterocycles. The molecular weight excluding hydrogens is 388 g/mol. The predicted octanol–water partition coefficient (Wildman–Crippen LogP) is 4.93. The SMILES string of the molecule is CC1C2CC(C1OC(=O)OC(C)(C)C)C1C3OC(C21)C1C2CC(C4C5C=CC(C5)C24)C31. The second kappa shape index (κ2) is 5.54. The van der Waals surface area contributed by atoms with Crippen LogP contribution in [0.15, 0.2) is 12.2 Å². The molecule has 8 rings (SSSR count). The second-order valence-electron chi connectivity index (χ2n) is 13.5. The van der Waals surface area contributed by atoms with Crippen LogP contribution in [0.25, 0.3) is 0 Å². The van der Waals surface area contributed by atoms with Crippen LogP contribution in [0, 0.1) is 76.9 Å². The lowest BCUT2D eigenvalue weighted by Gasteiger charge is -2.49. The number of carbonyl (C=O) groups is 1. The summed E-state index contributed by atoms with van der Waals surface area (Å²) in [4.78, 5) is 12.5. The quantitative estimate of drug-likeness (QED) is 0.340. The van der Waals surface area contributed by atoms with E-state index in [9.17, 15) is 4.79 Å². The Bertz CT molecular complexity index is 873. The third-order valence-electron chi connectivity index (χ3n) is 11.6. The Morgan fingerprint density at radius 1 is 0.806 bits per heavy atom. The van der Waals surface area contributed by atoms with Gasteiger partial charge in [-0.05, 0) is 111 Å². The number of rotatable bonds is 1. The normalized spacial score (nSPS) is 63.0. The summed E-state index contributed by atoms with van der Waals surface area (Å²) in [5, 5.41) is 0. The highest BCUT2D eigenvalue weighted by atomic mass is 16.7. The molecule has 0 radical (unpaired) electrons. The molecule has 0 spiro atoms. The second-order valence-corrected chi connectivity index (χ2v) is 13.5. The van der Waals surface area contributed by atoms with Crippen molar-refractivity contribution in [1.29, 1.82) is 0 Å². The molecule has 5 saturated carbocycles. The van der Waals surface area contributed by atoms with Crippen molar-refractivity contribution in [1.82, 2.24) is 0 Å². The standard InChI is InChI=1S/C27H36O4/c1-10-13-8-16(23(10)30-26(28)31-27(2,3)4)22-19(13)24-20-14-9-15(21(20)25(22)29-24)18-12-6-5-11(7-12)17(14)18/h5-6,10-25H,7-9H2,1-4H3. The summed E-state index contributed by atoms with van der Waals surface area (Å²) in [5.41, 5.74) is -0.502. The van der Waals surface area contributed by atoms with Crippen molar-refractivity contribution < 1.29 is 19.0 Å². The Hall–Kier alpha value is -1.03. The van der Waals surface area contributed by atoms with Gasteiger partial charge in [0.15, 0.2) is 0 Å². The fourth-order valence-electron chi connectivity index (χ4n) is 11.4. The van der Waals surface area contributed by atoms with E-state index in [0.717, 1.165) is 53.3 Å². The molecule has 31 heavy (non-hydrogen) atoms. The van der Waals surface area contributed by atoms with E-state index in [2.05, 4.69) is 19.1 Å². The topological polar surface area (TPSA) is 44.8 Å². The molecule has 0 aromatic carbocycles. The first-order chi connectivity index (χ1) is 14.8. The van der Waals surface area contributed by atoms with Gasteiger partial charge in [-0.1, -0.05) is 19.1 Å². The van der Waals surface area contributed by atoms with Crippen LogP contribution >= 0.6 is 0 Å². The fraction of sp³-hybridized carbons (Fsp3) is 0.889. The van der Waals surface area contributed by atoms with E-state index >= 15 is 0 Å². The zero-order chi connectivity index (χ0) is 21.0. The van der Waals surface area contributed by atoms with E-state index in [0.29, 0.717) is 35.9 Å². The summed E-state index contributed by atoms with van der Waals surface area (Å²) >= 11 is 0. The predicted molar refractivity (Wildman–Crippen MR) is 114 cm³/mol. The summed E-state index contributed by atoms with van der Waals surface area (Å²) in [5.74, 6) is 10.0. The average molecular weight is 425 g/mol. The van der Waals surface area contributed by atoms with Crippen LogP contribution < -0.4 is 0 Å². The molecule has 168 valence electrons. The van der Waals surface area contributed by atoms with Crippen molar-refractivity contribution in [3.63, 3.8) is 0 Å². The molecule has 7 fully saturated rings. The van der Waals surface area contributed by atoms with Gasteiger partial charge < -0.3 is 14.2 Å². The van der Waals surface area contributed by atoms with Crippen molar-refractivity contribution in [2.45, 2.75) is 70.9 Å². The van der Waals surface area contributed by atoms with Crippen LogP contribution in [0.2, 0.25) is 0 Å². The molecule has 4 heteroatoms. The van der Waals surface area contributed by atoms with Gasteiger partial charge in [0.05, 0.1) is 12.2 Å². The summed E-state index contributed by atoms with van der Waals surface area (Å²) in [6.07, 6.45) is 9.75. The molecule has 2 aliphatic heterocycles. The lowest BCUT2D eigenvalue weighted by atomic mass is 9.54. The molecule has 16 unspecified atom stereocenters. The van der Waals surface area contributed by atoms with Gasteiger partial charge >= 0.3 is 6.16 Å². The van der Waals surface area contributed by atoms with Gasteiger partial charge in [0, 0.05) is 5.92 Å². The number of carbonyl (C=O) groups excluding carboxylic acids is 1. The molecule has 2 saturated heterocycles. The Balaban J connectivity index is 1.08. The number of ether oxygens (including phenoxy) is 3. The highest BCUT2D eigenvalue weighted by Gasteiger charge is 2.78. The van der Waals surface area contributed by atoms with Crippen LogP contribution in [0.4, 0.5) is 4.79 Å². The van der Waals surface area contributed by atoms with Crippen molar-refractivity contribution in [2.75, 3.05) is 0 Å². The minimum Gasteiger partial charge on any atom is -0.430 e. The van der Waals surface area contributed by atoms with E-state index < -0.39 is 11.8 Å². The van der Waals surface area contributed by atoms with Gasteiger partial charge in [0.2, 0.25) is 0 Å². The van der Waals surface area contributed by atoms with Crippen LogP contribution in [0.1, 0.15) is 47.0 Å². The van der Waals surface area contributed by atoms with E-state index in [1.165, 1.54) is 19.3 Å². The van der Waals surface area contributed by atoms with E-state index in [-0.39, 0.29) is 6.10 Å². The maximum Gasteiger partial charge on any atom is 0.509 e. The fourth-order valence-corrected chi connectivity index (χ4v) is 11.4. The molecule has 4 nitrogen and oxygen atoms in total. The molecule has 0 aromatic heterocycles. The first-order valence-corrected chi connectivity index (χ1v) is 13.1. The molecule has 16 atom stereocenters. The lowest BCUT2D eigenvalue weighted by molar-refractivity contribution is -0.0781. The highest BCUT2D eigenvalue weighted by molar-refractivity contribution is 5.61. The molecule has 0 N–H and O–H groups in total. The van der Waals surface area contributed by atoms with Crippen LogP contribution in [-0.2, 0) is 14.2 Å². The van der Waals surface area contributed by atoms with Gasteiger partial charge in [-0.3, -0.25) is 0 Å². The maximum atomic E-state index is 12.5. The average Bonchev–Trinajstić information content (AvgIpc) is 3.47. The monoisotopic (exact) mass is 424 g/mol. The van der Waals surface area contributed by atoms with Gasteiger partial charge in [-0.2, -0.15) is 0 Å². The van der Waals surface area contributed by atoms with Gasteiger partial charge in [-0.15, -0.1) is 0 Å². The number of hydrogen-bond acceptors (Lipinski definition) is 4. The van der Waals surface area contributed by atoms with E-state index in [4.69, 9.17) is 14.2 Å². The van der Waals surface area contributed by atoms with Gasteiger partial charge in [-0.25, -0.2) is 4.79 Å². The smallest absolute Gasteiger partial charge is 0.430 e. The van der Waals surface area contributed by atoms with Crippen molar-refractivity contribution in [3.05, 3.63) is 12.2 Å². The Labute approximate surface area is 185 Å². The first-order valence-electron chi connectivity index (χ1n) is 13.1. The molecule has 0 aromatic rings. The largest absolute Gasteiger partial charge is 0.509 e. The minimum absolute atomic E-state index is 0.0132. The van der Waals surface area contributed by atoms with Gasteiger partial charge in [0.1, 0.15) is 11.7 Å². The molecular formula is C27H36O4. The number of allylic oxidation sites excluding steroid dienone is 2. The summed E-state index contributed by atoms with van der Waals surface area (Å²) in [7, 11) is 0. The summed E-state index contributed by atoms with van der Waals surface area (Å²) < 4.78 is 18.4. The Kier molecular flexibility index (Phi) is 3.29. The van der Waals surface area contributed by atoms with Crippen molar-refractivity contribution >= 4 is 6.16 Å². The number of hydrogen-bond donors (Lipinski definition) is 0. The van der Waals surface area contributed by atoms with Crippen LogP contribution in [0.3, 0.4) is 0 Å². The Morgan fingerprint density at radius 3 is 1.97 bits per heavy atom. The summed E-state index contributed by atoms with van der Waals surface area (Å²) in [6, 6.07) is 0. The zero-order valence-electron chi connectivity index (χ0n) is 19.1. The molecule has 8 aliphatic rings. The Morgan fingerprint density at radius 2 is 1.35 bits per heavy atom. The van der Waals surface area contributed by atoms with Crippen molar-refractivity contribution in [2.24, 2.45) is 76.9 Å². The summed E-state index contributed by atoms with van der Waals surface area (Å²) in [6.45, 7) is 8.04. The molecule has 0 amide bonds. The zero-order valence-corrected chi connectivity index (χ0v) is 19.1. The van der Waals surface area contributed by atoms with Crippen LogP contribution in [-0.4, -0.2) is 30.1 Å². The lowest BCUT2D eigenvalue weighted by Crippen LogP contribution is -2.52. The molecule has 8 bridgehead atoms. The van der Waals surface area contributed by atoms with Crippen LogP contribution in [0.5, 0.6) is 0 Å². The van der Waals surface area contributed by atoms with E-state index in [1.807, 2.05) is 20.8 Å². The van der Waals surface area contributed by atoms with Gasteiger partial charge in [0.25, 0.3) is 0 Å². The first kappa shape index (κ1) is 18.4. The third-order valence-corrected chi connectivity index (χ3v) is 11.6. The maximum absolute atomic E-state index is 12.5. The minimum atomic E-state index is -0.502. The third kappa shape index (κ3) is 2.07. The molecule has 6 aliphatic carbocycles.